The van der Waals surface area contributed by atoms with Crippen LogP contribution < -0.4 is 0 Å². The zero-order valence-electron chi connectivity index (χ0n) is 10.8. The molecule has 0 fully saturated rings. The van der Waals surface area contributed by atoms with Crippen LogP contribution in [0.4, 0.5) is 0 Å². The molecule has 0 aliphatic carbocycles. The molecule has 0 aliphatic rings. The van der Waals surface area contributed by atoms with Gasteiger partial charge in [0.25, 0.3) is 0 Å². The first kappa shape index (κ1) is 15.1. The maximum atomic E-state index is 5.49. The second-order valence-corrected chi connectivity index (χ2v) is 3.59. The lowest BCUT2D eigenvalue weighted by Gasteiger charge is -2.13. The normalized spacial score (nSPS) is 12.6. The average molecular weight is 256 g/mol. The van der Waals surface area contributed by atoms with Gasteiger partial charge in [-0.3, -0.25) is 0 Å². The Morgan fingerprint density at radius 3 is 2.17 bits per heavy atom. The maximum Gasteiger partial charge on any atom is 0.152 e. The van der Waals surface area contributed by atoms with E-state index in [2.05, 4.69) is 4.74 Å². The zero-order valence-corrected chi connectivity index (χ0v) is 10.8. The van der Waals surface area contributed by atoms with Crippen molar-refractivity contribution in [1.29, 1.82) is 0 Å². The minimum absolute atomic E-state index is 0.00376. The molecular formula is C13H20O5. The smallest absolute Gasteiger partial charge is 0.152 e. The molecule has 1 rings (SSSR count). The Labute approximate surface area is 108 Å². The van der Waals surface area contributed by atoms with Crippen LogP contribution in [-0.4, -0.2) is 34.3 Å². The summed E-state index contributed by atoms with van der Waals surface area (Å²) in [5.41, 5.74) is 1.12. The number of hydrogen-bond acceptors (Lipinski definition) is 5. The summed E-state index contributed by atoms with van der Waals surface area (Å²) in [7, 11) is 1.55. The molecule has 0 heterocycles. The van der Waals surface area contributed by atoms with E-state index in [1.165, 1.54) is 0 Å². The summed E-state index contributed by atoms with van der Waals surface area (Å²) < 4.78 is 25.2. The van der Waals surface area contributed by atoms with Crippen molar-refractivity contribution in [3.63, 3.8) is 0 Å². The van der Waals surface area contributed by atoms with E-state index < -0.39 is 0 Å². The highest BCUT2D eigenvalue weighted by atomic mass is 16.8. The minimum atomic E-state index is -0.00376. The Hall–Kier alpha value is -0.980. The van der Waals surface area contributed by atoms with Crippen LogP contribution >= 0.6 is 0 Å². The molecule has 0 spiro atoms. The standard InChI is InChI=1S/C13H20O5/c1-12(13-6-4-3-5-7-13)18-11-17-10-16-9-15-8-14-2/h3-7,12H,8-11H2,1-2H3/t12-/m0/s1. The van der Waals surface area contributed by atoms with E-state index in [-0.39, 0.29) is 33.3 Å². The molecule has 0 amide bonds. The lowest BCUT2D eigenvalue weighted by atomic mass is 10.1. The van der Waals surface area contributed by atoms with Gasteiger partial charge in [-0.05, 0) is 12.5 Å². The minimum Gasteiger partial charge on any atom is -0.359 e. The van der Waals surface area contributed by atoms with Crippen molar-refractivity contribution in [1.82, 2.24) is 0 Å². The van der Waals surface area contributed by atoms with Gasteiger partial charge in [-0.15, -0.1) is 0 Å². The predicted molar refractivity (Wildman–Crippen MR) is 65.7 cm³/mol. The Kier molecular flexibility index (Phi) is 8.37. The molecule has 1 aromatic rings. The third-order valence-corrected chi connectivity index (χ3v) is 2.20. The summed E-state index contributed by atoms with van der Waals surface area (Å²) in [5, 5.41) is 0. The SMILES string of the molecule is COCOCOCOCO[C@@H](C)c1ccccc1. The van der Waals surface area contributed by atoms with Crippen LogP contribution in [0.5, 0.6) is 0 Å². The van der Waals surface area contributed by atoms with Crippen molar-refractivity contribution in [2.75, 3.05) is 34.3 Å². The quantitative estimate of drug-likeness (QED) is 0.475. The van der Waals surface area contributed by atoms with Gasteiger partial charge in [0, 0.05) is 7.11 Å². The molecule has 0 bridgehead atoms. The van der Waals surface area contributed by atoms with Gasteiger partial charge in [-0.2, -0.15) is 0 Å². The van der Waals surface area contributed by atoms with E-state index in [0.717, 1.165) is 5.56 Å². The molecule has 1 aromatic carbocycles. The lowest BCUT2D eigenvalue weighted by Crippen LogP contribution is -2.09. The molecule has 0 saturated carbocycles. The highest BCUT2D eigenvalue weighted by Gasteiger charge is 2.03. The van der Waals surface area contributed by atoms with Crippen LogP contribution in [-0.2, 0) is 23.7 Å². The maximum absolute atomic E-state index is 5.49. The molecule has 0 unspecified atom stereocenters. The van der Waals surface area contributed by atoms with E-state index in [1.54, 1.807) is 7.11 Å². The summed E-state index contributed by atoms with van der Waals surface area (Å²) in [6.45, 7) is 2.64. The van der Waals surface area contributed by atoms with Crippen LogP contribution in [0.2, 0.25) is 0 Å². The summed E-state index contributed by atoms with van der Waals surface area (Å²) >= 11 is 0. The monoisotopic (exact) mass is 256 g/mol. The van der Waals surface area contributed by atoms with Crippen LogP contribution in [0.3, 0.4) is 0 Å². The number of benzene rings is 1. The highest BCUT2D eigenvalue weighted by molar-refractivity contribution is 5.16. The van der Waals surface area contributed by atoms with E-state index in [0.29, 0.717) is 0 Å². The molecule has 5 heteroatoms. The van der Waals surface area contributed by atoms with Crippen molar-refractivity contribution in [3.05, 3.63) is 35.9 Å². The fourth-order valence-electron chi connectivity index (χ4n) is 1.27. The second-order valence-electron chi connectivity index (χ2n) is 3.59. The molecule has 0 aromatic heterocycles. The first-order valence-electron chi connectivity index (χ1n) is 5.73. The molecule has 1 atom stereocenters. The van der Waals surface area contributed by atoms with Gasteiger partial charge in [-0.25, -0.2) is 0 Å². The third-order valence-electron chi connectivity index (χ3n) is 2.20. The zero-order chi connectivity index (χ0) is 13.1. The van der Waals surface area contributed by atoms with Crippen LogP contribution in [0.1, 0.15) is 18.6 Å². The number of hydrogen-bond donors (Lipinski definition) is 0. The van der Waals surface area contributed by atoms with E-state index in [9.17, 15) is 0 Å². The Balaban J connectivity index is 1.98. The average Bonchev–Trinajstić information content (AvgIpc) is 2.42. The van der Waals surface area contributed by atoms with E-state index >= 15 is 0 Å². The molecule has 18 heavy (non-hydrogen) atoms. The summed E-state index contributed by atoms with van der Waals surface area (Å²) in [6, 6.07) is 9.96. The van der Waals surface area contributed by atoms with E-state index in [1.807, 2.05) is 37.3 Å². The van der Waals surface area contributed by atoms with Crippen LogP contribution in [0, 0.1) is 0 Å². The fourth-order valence-corrected chi connectivity index (χ4v) is 1.27. The van der Waals surface area contributed by atoms with Gasteiger partial charge in [0.15, 0.2) is 13.6 Å². The van der Waals surface area contributed by atoms with Gasteiger partial charge in [0.1, 0.15) is 13.6 Å². The molecule has 0 saturated heterocycles. The van der Waals surface area contributed by atoms with Crippen molar-refractivity contribution in [2.24, 2.45) is 0 Å². The first-order chi connectivity index (χ1) is 8.84. The summed E-state index contributed by atoms with van der Waals surface area (Å²) in [4.78, 5) is 0. The van der Waals surface area contributed by atoms with Crippen molar-refractivity contribution >= 4 is 0 Å². The van der Waals surface area contributed by atoms with Gasteiger partial charge in [0.2, 0.25) is 0 Å². The van der Waals surface area contributed by atoms with Crippen LogP contribution in [0.25, 0.3) is 0 Å². The molecule has 0 aliphatic heterocycles. The topological polar surface area (TPSA) is 46.2 Å². The third kappa shape index (κ3) is 6.68. The van der Waals surface area contributed by atoms with Gasteiger partial charge in [-0.1, -0.05) is 30.3 Å². The van der Waals surface area contributed by atoms with Crippen molar-refractivity contribution in [2.45, 2.75) is 13.0 Å². The number of methoxy groups -OCH3 is 1. The Bertz CT molecular complexity index is 291. The van der Waals surface area contributed by atoms with E-state index in [4.69, 9.17) is 18.9 Å². The molecular weight excluding hydrogens is 236 g/mol. The highest BCUT2D eigenvalue weighted by Crippen LogP contribution is 2.15. The second kappa shape index (κ2) is 9.99. The number of ether oxygens (including phenoxy) is 5. The number of rotatable bonds is 10. The molecule has 5 nitrogen and oxygen atoms in total. The van der Waals surface area contributed by atoms with Gasteiger partial charge >= 0.3 is 0 Å². The summed E-state index contributed by atoms with van der Waals surface area (Å²) in [5.74, 6) is 0. The van der Waals surface area contributed by atoms with Crippen molar-refractivity contribution in [3.8, 4) is 0 Å². The summed E-state index contributed by atoms with van der Waals surface area (Å²) in [6.07, 6.45) is -0.00376. The van der Waals surface area contributed by atoms with Crippen molar-refractivity contribution < 1.29 is 23.7 Å². The molecule has 102 valence electrons. The molecule has 0 N–H and O–H groups in total. The largest absolute Gasteiger partial charge is 0.359 e. The Morgan fingerprint density at radius 2 is 1.50 bits per heavy atom. The van der Waals surface area contributed by atoms with Gasteiger partial charge < -0.3 is 23.7 Å². The molecule has 0 radical (unpaired) electrons. The lowest BCUT2D eigenvalue weighted by molar-refractivity contribution is -0.195. The fraction of sp³-hybridized carbons (Fsp3) is 0.538. The Morgan fingerprint density at radius 1 is 0.889 bits per heavy atom. The van der Waals surface area contributed by atoms with Gasteiger partial charge in [0.05, 0.1) is 6.10 Å². The van der Waals surface area contributed by atoms with Crippen LogP contribution in [0.15, 0.2) is 30.3 Å². The predicted octanol–water partition coefficient (Wildman–Crippen LogP) is 2.29. The first-order valence-corrected chi connectivity index (χ1v) is 5.73.